The molecule has 1 saturated heterocycles. The van der Waals surface area contributed by atoms with E-state index in [1.54, 1.807) is 18.9 Å². The van der Waals surface area contributed by atoms with Gasteiger partial charge in [0.15, 0.2) is 6.61 Å². The van der Waals surface area contributed by atoms with Gasteiger partial charge in [-0.15, -0.1) is 0 Å². The minimum atomic E-state index is -0.590. The van der Waals surface area contributed by atoms with E-state index in [4.69, 9.17) is 4.74 Å². The van der Waals surface area contributed by atoms with Gasteiger partial charge < -0.3 is 19.6 Å². The number of rotatable bonds is 5. The molecule has 1 N–H and O–H groups in total. The van der Waals surface area contributed by atoms with E-state index in [-0.39, 0.29) is 30.5 Å². The van der Waals surface area contributed by atoms with Gasteiger partial charge in [-0.05, 0) is 37.8 Å². The molecule has 1 heterocycles. The van der Waals surface area contributed by atoms with Gasteiger partial charge in [-0.25, -0.2) is 0 Å². The number of aliphatic hydroxyl groups is 1. The number of aliphatic hydroxyl groups excluding tert-OH is 1. The van der Waals surface area contributed by atoms with E-state index >= 15 is 0 Å². The number of likely N-dealkylation sites (N-methyl/N-ethyl adjacent to an activating group) is 1. The first-order valence-corrected chi connectivity index (χ1v) is 10.4. The van der Waals surface area contributed by atoms with E-state index in [1.807, 2.05) is 36.9 Å². The van der Waals surface area contributed by atoms with E-state index in [1.165, 1.54) is 0 Å². The first kappa shape index (κ1) is 21.6. The summed E-state index contributed by atoms with van der Waals surface area (Å²) in [5.74, 6) is 0.727. The van der Waals surface area contributed by atoms with Crippen LogP contribution in [0.25, 0.3) is 0 Å². The highest BCUT2D eigenvalue weighted by atomic mass is 16.5. The van der Waals surface area contributed by atoms with Gasteiger partial charge in [0.2, 0.25) is 5.91 Å². The Morgan fingerprint density at radius 1 is 1.14 bits per heavy atom. The fourth-order valence-electron chi connectivity index (χ4n) is 4.58. The second-order valence-electron chi connectivity index (χ2n) is 8.26. The molecule has 0 spiro atoms. The molecule has 1 aliphatic heterocycles. The fourth-order valence-corrected chi connectivity index (χ4v) is 4.58. The largest absolute Gasteiger partial charge is 0.483 e. The first-order valence-electron chi connectivity index (χ1n) is 10.4. The topological polar surface area (TPSA) is 73.3 Å². The van der Waals surface area contributed by atoms with Crippen LogP contribution in [0.4, 0.5) is 0 Å². The van der Waals surface area contributed by atoms with Gasteiger partial charge >= 0.3 is 0 Å². The van der Waals surface area contributed by atoms with Gasteiger partial charge in [0.1, 0.15) is 5.75 Å². The molecule has 0 radical (unpaired) electrons. The molecule has 2 aliphatic rings. The molecular weight excluding hydrogens is 370 g/mol. The molecule has 29 heavy (non-hydrogen) atoms. The summed E-state index contributed by atoms with van der Waals surface area (Å²) in [6.07, 6.45) is 1.03. The van der Waals surface area contributed by atoms with Crippen LogP contribution in [0.5, 0.6) is 5.75 Å². The zero-order valence-electron chi connectivity index (χ0n) is 17.9. The van der Waals surface area contributed by atoms with Crippen molar-refractivity contribution in [3.8, 4) is 5.75 Å². The van der Waals surface area contributed by atoms with Crippen LogP contribution in [0, 0.1) is 13.8 Å². The Bertz CT molecular complexity index is 725. The number of benzene rings is 1. The van der Waals surface area contributed by atoms with Crippen molar-refractivity contribution in [1.29, 1.82) is 0 Å². The Morgan fingerprint density at radius 3 is 2.34 bits per heavy atom. The summed E-state index contributed by atoms with van der Waals surface area (Å²) >= 11 is 0. The number of amides is 2. The predicted molar refractivity (Wildman–Crippen MR) is 111 cm³/mol. The maximum Gasteiger partial charge on any atom is 0.260 e. The number of ether oxygens (including phenoxy) is 1. The summed E-state index contributed by atoms with van der Waals surface area (Å²) in [5.41, 5.74) is 2.01. The Morgan fingerprint density at radius 2 is 1.76 bits per heavy atom. The smallest absolute Gasteiger partial charge is 0.260 e. The molecule has 1 aromatic rings. The van der Waals surface area contributed by atoms with Crippen LogP contribution in [-0.4, -0.2) is 89.6 Å². The zero-order valence-corrected chi connectivity index (χ0v) is 17.9. The Balaban J connectivity index is 1.54. The van der Waals surface area contributed by atoms with E-state index in [9.17, 15) is 14.7 Å². The highest BCUT2D eigenvalue weighted by Gasteiger charge is 2.42. The van der Waals surface area contributed by atoms with Crippen molar-refractivity contribution in [3.63, 3.8) is 0 Å². The van der Waals surface area contributed by atoms with Gasteiger partial charge in [-0.3, -0.25) is 14.5 Å². The average Bonchev–Trinajstić information content (AvgIpc) is 3.08. The summed E-state index contributed by atoms with van der Waals surface area (Å²) in [6, 6.07) is 5.72. The van der Waals surface area contributed by atoms with Gasteiger partial charge in [0.25, 0.3) is 5.91 Å². The number of nitrogens with zero attached hydrogens (tertiary/aromatic N) is 3. The number of para-hydroxylation sites is 1. The van der Waals surface area contributed by atoms with Crippen LogP contribution in [0.3, 0.4) is 0 Å². The molecule has 160 valence electrons. The Kier molecular flexibility index (Phi) is 6.80. The SMILES string of the molecule is CC(=O)N1CCN([C@@H]2CC[C@@H](N(C)C(=O)COc3c(C)cccc3C)[C@H]2O)CC1. The highest BCUT2D eigenvalue weighted by Crippen LogP contribution is 2.29. The lowest BCUT2D eigenvalue weighted by molar-refractivity contribution is -0.137. The molecule has 3 atom stereocenters. The molecule has 0 aromatic heterocycles. The van der Waals surface area contributed by atoms with Crippen molar-refractivity contribution in [1.82, 2.24) is 14.7 Å². The molecule has 1 aliphatic carbocycles. The van der Waals surface area contributed by atoms with E-state index in [0.717, 1.165) is 42.8 Å². The molecule has 7 heteroatoms. The fraction of sp³-hybridized carbons (Fsp3) is 0.636. The Hall–Kier alpha value is -2.12. The minimum absolute atomic E-state index is 0.0314. The number of hydrogen-bond donors (Lipinski definition) is 1. The van der Waals surface area contributed by atoms with Crippen molar-refractivity contribution in [2.75, 3.05) is 39.8 Å². The molecular formula is C22H33N3O4. The second-order valence-corrected chi connectivity index (χ2v) is 8.26. The second kappa shape index (κ2) is 9.13. The maximum atomic E-state index is 12.7. The number of hydrogen-bond acceptors (Lipinski definition) is 5. The maximum absolute atomic E-state index is 12.7. The summed E-state index contributed by atoms with van der Waals surface area (Å²) in [4.78, 5) is 30.0. The predicted octanol–water partition coefficient (Wildman–Crippen LogP) is 1.20. The zero-order chi connectivity index (χ0) is 21.1. The molecule has 0 bridgehead atoms. The van der Waals surface area contributed by atoms with E-state index in [0.29, 0.717) is 13.1 Å². The van der Waals surface area contributed by atoms with Crippen LogP contribution >= 0.6 is 0 Å². The summed E-state index contributed by atoms with van der Waals surface area (Å²) in [6.45, 7) is 8.41. The quantitative estimate of drug-likeness (QED) is 0.800. The average molecular weight is 404 g/mol. The summed E-state index contributed by atoms with van der Waals surface area (Å²) in [7, 11) is 1.75. The molecule has 2 amide bonds. The summed E-state index contributed by atoms with van der Waals surface area (Å²) < 4.78 is 5.80. The third-order valence-electron chi connectivity index (χ3n) is 6.41. The highest BCUT2D eigenvalue weighted by molar-refractivity contribution is 5.78. The van der Waals surface area contributed by atoms with E-state index in [2.05, 4.69) is 4.90 Å². The normalized spacial score (nSPS) is 25.1. The van der Waals surface area contributed by atoms with Crippen molar-refractivity contribution in [3.05, 3.63) is 29.3 Å². The molecule has 1 aromatic carbocycles. The standard InChI is InChI=1S/C22H33N3O4/c1-15-6-5-7-16(2)22(15)29-14-20(27)23(4)18-8-9-19(21(18)28)25-12-10-24(11-13-25)17(3)26/h5-7,18-19,21,28H,8-14H2,1-4H3/t18-,19-,21-/m1/s1. The Labute approximate surface area is 173 Å². The van der Waals surface area contributed by atoms with Gasteiger partial charge in [-0.2, -0.15) is 0 Å². The van der Waals surface area contributed by atoms with Crippen LogP contribution in [-0.2, 0) is 9.59 Å². The number of carbonyl (C=O) groups is 2. The number of carbonyl (C=O) groups excluding carboxylic acids is 2. The van der Waals surface area contributed by atoms with Gasteiger partial charge in [0.05, 0.1) is 12.1 Å². The van der Waals surface area contributed by atoms with Gasteiger partial charge in [-0.1, -0.05) is 18.2 Å². The molecule has 3 rings (SSSR count). The lowest BCUT2D eigenvalue weighted by Crippen LogP contribution is -2.55. The van der Waals surface area contributed by atoms with Crippen LogP contribution in [0.1, 0.15) is 30.9 Å². The third kappa shape index (κ3) is 4.73. The van der Waals surface area contributed by atoms with Gasteiger partial charge in [0, 0.05) is 46.2 Å². The van der Waals surface area contributed by atoms with Crippen LogP contribution in [0.15, 0.2) is 18.2 Å². The van der Waals surface area contributed by atoms with Crippen molar-refractivity contribution in [2.24, 2.45) is 0 Å². The van der Waals surface area contributed by atoms with Crippen molar-refractivity contribution >= 4 is 11.8 Å². The van der Waals surface area contributed by atoms with Crippen molar-refractivity contribution in [2.45, 2.75) is 51.8 Å². The third-order valence-corrected chi connectivity index (χ3v) is 6.41. The van der Waals surface area contributed by atoms with Crippen molar-refractivity contribution < 1.29 is 19.4 Å². The first-order chi connectivity index (χ1) is 13.8. The summed E-state index contributed by atoms with van der Waals surface area (Å²) in [5, 5.41) is 10.9. The number of aryl methyl sites for hydroxylation is 2. The lowest BCUT2D eigenvalue weighted by atomic mass is 10.1. The lowest BCUT2D eigenvalue weighted by Gasteiger charge is -2.39. The molecule has 2 fully saturated rings. The minimum Gasteiger partial charge on any atom is -0.483 e. The van der Waals surface area contributed by atoms with Crippen LogP contribution in [0.2, 0.25) is 0 Å². The van der Waals surface area contributed by atoms with Crippen LogP contribution < -0.4 is 4.74 Å². The molecule has 7 nitrogen and oxygen atoms in total. The molecule has 1 saturated carbocycles. The molecule has 0 unspecified atom stereocenters. The number of piperazine rings is 1. The van der Waals surface area contributed by atoms with E-state index < -0.39 is 6.10 Å². The monoisotopic (exact) mass is 403 g/mol.